The van der Waals surface area contributed by atoms with Gasteiger partial charge in [0.1, 0.15) is 0 Å². The fraction of sp³-hybridized carbons (Fsp3) is 0.556. The van der Waals surface area contributed by atoms with Gasteiger partial charge in [-0.1, -0.05) is 12.1 Å². The van der Waals surface area contributed by atoms with E-state index < -0.39 is 10.0 Å². The van der Waals surface area contributed by atoms with Crippen molar-refractivity contribution in [3.8, 4) is 0 Å². The van der Waals surface area contributed by atoms with Crippen molar-refractivity contribution in [2.45, 2.75) is 11.8 Å². The quantitative estimate of drug-likeness (QED) is 0.655. The number of carbonyl (C=O) groups is 2. The number of Topliss-reactive ketones (excluding diaryl/α,β-unsaturated/α-hetero) is 1. The molecule has 2 heterocycles. The lowest BCUT2D eigenvalue weighted by Crippen LogP contribution is -2.52. The van der Waals surface area contributed by atoms with Crippen molar-refractivity contribution in [3.63, 3.8) is 0 Å². The molecule has 0 unspecified atom stereocenters. The van der Waals surface area contributed by atoms with Crippen LogP contribution in [0.1, 0.15) is 17.3 Å². The van der Waals surface area contributed by atoms with Gasteiger partial charge in [0.15, 0.2) is 5.78 Å². The van der Waals surface area contributed by atoms with Gasteiger partial charge in [-0.15, -0.1) is 0 Å². The minimum atomic E-state index is -3.59. The molecule has 0 bridgehead atoms. The maximum atomic E-state index is 12.8. The maximum absolute atomic E-state index is 12.8. The first kappa shape index (κ1) is 19.9. The summed E-state index contributed by atoms with van der Waals surface area (Å²) in [6, 6.07) is 6.01. The third kappa shape index (κ3) is 4.73. The van der Waals surface area contributed by atoms with Crippen molar-refractivity contribution < 1.29 is 22.7 Å². The van der Waals surface area contributed by atoms with Crippen molar-refractivity contribution in [1.82, 2.24) is 14.1 Å². The number of hydrogen-bond acceptors (Lipinski definition) is 6. The summed E-state index contributed by atoms with van der Waals surface area (Å²) in [5, 5.41) is 0. The predicted molar refractivity (Wildman–Crippen MR) is 99.0 cm³/mol. The highest BCUT2D eigenvalue weighted by molar-refractivity contribution is 7.89. The highest BCUT2D eigenvalue weighted by atomic mass is 32.2. The minimum absolute atomic E-state index is 0.0643. The van der Waals surface area contributed by atoms with E-state index in [1.165, 1.54) is 35.5 Å². The van der Waals surface area contributed by atoms with Crippen LogP contribution in [0.4, 0.5) is 0 Å². The third-order valence-electron chi connectivity index (χ3n) is 4.95. The molecule has 8 nitrogen and oxygen atoms in total. The zero-order valence-electron chi connectivity index (χ0n) is 15.5. The molecule has 2 saturated heterocycles. The number of rotatable bonds is 5. The Bertz CT molecular complexity index is 780. The number of morpholine rings is 1. The van der Waals surface area contributed by atoms with Crippen molar-refractivity contribution in [3.05, 3.63) is 29.8 Å². The summed E-state index contributed by atoms with van der Waals surface area (Å²) in [7, 11) is -3.59. The number of sulfonamides is 1. The van der Waals surface area contributed by atoms with Gasteiger partial charge in [0, 0.05) is 44.8 Å². The van der Waals surface area contributed by atoms with Gasteiger partial charge >= 0.3 is 0 Å². The lowest BCUT2D eigenvalue weighted by Gasteiger charge is -2.35. The molecule has 148 valence electrons. The number of carbonyl (C=O) groups excluding carboxylic acids is 2. The summed E-state index contributed by atoms with van der Waals surface area (Å²) in [6.45, 7) is 5.83. The molecular weight excluding hydrogens is 370 g/mol. The smallest absolute Gasteiger partial charge is 0.243 e. The topological polar surface area (TPSA) is 87.2 Å². The Labute approximate surface area is 159 Å². The van der Waals surface area contributed by atoms with Crippen LogP contribution < -0.4 is 0 Å². The summed E-state index contributed by atoms with van der Waals surface area (Å²) in [4.78, 5) is 27.6. The number of ketones is 1. The van der Waals surface area contributed by atoms with Gasteiger partial charge in [-0.2, -0.15) is 4.31 Å². The van der Waals surface area contributed by atoms with Gasteiger partial charge in [-0.05, 0) is 19.1 Å². The molecule has 0 atom stereocenters. The first-order valence-electron chi connectivity index (χ1n) is 9.07. The summed E-state index contributed by atoms with van der Waals surface area (Å²) in [5.41, 5.74) is 0.486. The van der Waals surface area contributed by atoms with Crippen LogP contribution in [0.3, 0.4) is 0 Å². The summed E-state index contributed by atoms with van der Waals surface area (Å²) in [5.74, 6) is -0.0353. The highest BCUT2D eigenvalue weighted by Gasteiger charge is 2.30. The average molecular weight is 395 g/mol. The van der Waals surface area contributed by atoms with Crippen LogP contribution >= 0.6 is 0 Å². The van der Waals surface area contributed by atoms with Crippen LogP contribution in [0.15, 0.2) is 29.2 Å². The van der Waals surface area contributed by atoms with Gasteiger partial charge < -0.3 is 9.64 Å². The molecular formula is C18H25N3O5S. The van der Waals surface area contributed by atoms with E-state index in [0.717, 1.165) is 0 Å². The van der Waals surface area contributed by atoms with Gasteiger partial charge in [0.25, 0.3) is 0 Å². The fourth-order valence-electron chi connectivity index (χ4n) is 3.24. The van der Waals surface area contributed by atoms with E-state index in [9.17, 15) is 18.0 Å². The molecule has 1 aromatic rings. The summed E-state index contributed by atoms with van der Waals surface area (Å²) < 4.78 is 32.2. The van der Waals surface area contributed by atoms with Crippen molar-refractivity contribution in [2.24, 2.45) is 0 Å². The van der Waals surface area contributed by atoms with Gasteiger partial charge in [0.2, 0.25) is 15.9 Å². The van der Waals surface area contributed by atoms with Crippen molar-refractivity contribution in [1.29, 1.82) is 0 Å². The standard InChI is InChI=1S/C18H25N3O5S/c1-15(22)16-2-4-17(5-3-16)27(24,25)21-8-6-19(7-9-21)14-18(23)20-10-12-26-13-11-20/h2-5H,6-14H2,1H3. The Balaban J connectivity index is 1.56. The van der Waals surface area contributed by atoms with Crippen LogP contribution in [0, 0.1) is 0 Å². The van der Waals surface area contributed by atoms with E-state index in [1.54, 1.807) is 4.90 Å². The average Bonchev–Trinajstić information content (AvgIpc) is 2.69. The Morgan fingerprint density at radius 3 is 2.11 bits per heavy atom. The fourth-order valence-corrected chi connectivity index (χ4v) is 4.66. The second kappa shape index (κ2) is 8.47. The number of piperazine rings is 1. The first-order valence-corrected chi connectivity index (χ1v) is 10.5. The normalized spacial score (nSPS) is 19.8. The molecule has 1 amide bonds. The molecule has 2 fully saturated rings. The van der Waals surface area contributed by atoms with Gasteiger partial charge in [-0.25, -0.2) is 8.42 Å². The maximum Gasteiger partial charge on any atom is 0.243 e. The third-order valence-corrected chi connectivity index (χ3v) is 6.87. The van der Waals surface area contributed by atoms with E-state index >= 15 is 0 Å². The lowest BCUT2D eigenvalue weighted by atomic mass is 10.2. The molecule has 9 heteroatoms. The Morgan fingerprint density at radius 1 is 0.963 bits per heavy atom. The molecule has 0 spiro atoms. The molecule has 2 aliphatic rings. The number of benzene rings is 1. The number of ether oxygens (including phenoxy) is 1. The van der Waals surface area contributed by atoms with Gasteiger partial charge in [0.05, 0.1) is 24.7 Å². The van der Waals surface area contributed by atoms with Gasteiger partial charge in [-0.3, -0.25) is 14.5 Å². The Hall–Kier alpha value is -1.81. The summed E-state index contributed by atoms with van der Waals surface area (Å²) in [6.07, 6.45) is 0. The Kier molecular flexibility index (Phi) is 6.25. The highest BCUT2D eigenvalue weighted by Crippen LogP contribution is 2.18. The monoisotopic (exact) mass is 395 g/mol. The van der Waals surface area contributed by atoms with Crippen LogP contribution in [0.2, 0.25) is 0 Å². The predicted octanol–water partition coefficient (Wildman–Crippen LogP) is 0.0543. The number of nitrogens with zero attached hydrogens (tertiary/aromatic N) is 3. The van der Waals surface area contributed by atoms with Crippen LogP contribution in [-0.4, -0.2) is 93.2 Å². The van der Waals surface area contributed by atoms with E-state index in [1.807, 2.05) is 4.90 Å². The first-order chi connectivity index (χ1) is 12.9. The number of amides is 1. The largest absolute Gasteiger partial charge is 0.378 e. The molecule has 3 rings (SSSR count). The van der Waals surface area contributed by atoms with Crippen LogP contribution in [0.5, 0.6) is 0 Å². The SMILES string of the molecule is CC(=O)c1ccc(S(=O)(=O)N2CCN(CC(=O)N3CCOCC3)CC2)cc1. The van der Waals surface area contributed by atoms with Crippen molar-refractivity contribution >= 4 is 21.7 Å². The van der Waals surface area contributed by atoms with Crippen molar-refractivity contribution in [2.75, 3.05) is 59.0 Å². The second-order valence-corrected chi connectivity index (χ2v) is 8.69. The molecule has 0 N–H and O–H groups in total. The van der Waals surface area contributed by atoms with E-state index in [2.05, 4.69) is 0 Å². The zero-order chi connectivity index (χ0) is 19.4. The van der Waals surface area contributed by atoms with E-state index in [0.29, 0.717) is 64.6 Å². The molecule has 1 aromatic carbocycles. The second-order valence-electron chi connectivity index (χ2n) is 6.75. The molecule has 0 aromatic heterocycles. The molecule has 27 heavy (non-hydrogen) atoms. The number of hydrogen-bond donors (Lipinski definition) is 0. The molecule has 0 aliphatic carbocycles. The van der Waals surface area contributed by atoms with E-state index in [-0.39, 0.29) is 16.6 Å². The van der Waals surface area contributed by atoms with E-state index in [4.69, 9.17) is 4.74 Å². The van der Waals surface area contributed by atoms with Crippen LogP contribution in [0.25, 0.3) is 0 Å². The Morgan fingerprint density at radius 2 is 1.56 bits per heavy atom. The molecule has 0 saturated carbocycles. The van der Waals surface area contributed by atoms with Crippen LogP contribution in [-0.2, 0) is 19.6 Å². The zero-order valence-corrected chi connectivity index (χ0v) is 16.3. The minimum Gasteiger partial charge on any atom is -0.378 e. The molecule has 0 radical (unpaired) electrons. The lowest BCUT2D eigenvalue weighted by molar-refractivity contribution is -0.136. The summed E-state index contributed by atoms with van der Waals surface area (Å²) >= 11 is 0. The molecule has 2 aliphatic heterocycles.